The lowest BCUT2D eigenvalue weighted by molar-refractivity contribution is -0.0181. The van der Waals surface area contributed by atoms with E-state index in [1.807, 2.05) is 0 Å². The van der Waals surface area contributed by atoms with Crippen molar-refractivity contribution in [2.75, 3.05) is 13.2 Å². The summed E-state index contributed by atoms with van der Waals surface area (Å²) in [6.45, 7) is 0.842. The van der Waals surface area contributed by atoms with Crippen molar-refractivity contribution in [3.63, 3.8) is 0 Å². The second kappa shape index (κ2) is 6.34. The van der Waals surface area contributed by atoms with E-state index in [0.717, 1.165) is 5.56 Å². The Bertz CT molecular complexity index is 838. The first-order valence-electron chi connectivity index (χ1n) is 7.92. The third-order valence-electron chi connectivity index (χ3n) is 4.47. The predicted octanol–water partition coefficient (Wildman–Crippen LogP) is 0.922. The van der Waals surface area contributed by atoms with Gasteiger partial charge in [0.15, 0.2) is 0 Å². The summed E-state index contributed by atoms with van der Waals surface area (Å²) in [6, 6.07) is 4.50. The Labute approximate surface area is 142 Å². The van der Waals surface area contributed by atoms with Crippen molar-refractivity contribution in [1.82, 2.24) is 29.5 Å². The number of nitrogens with zero attached hydrogens (tertiary/aromatic N) is 6. The van der Waals surface area contributed by atoms with Crippen molar-refractivity contribution in [1.29, 1.82) is 0 Å². The standard InChI is InChI=1S/C16H17FN6O2/c17-13-1-2-14(15(3-13)23-11-19-9-21-23)16(4-12(5-24)6-25-16)7-22-10-18-8-20-22/h1-3,8-12,24H,4-7H2/t12-,16+/m1/s1. The number of hydrogen-bond donors (Lipinski definition) is 1. The van der Waals surface area contributed by atoms with E-state index in [-0.39, 0.29) is 18.3 Å². The first-order valence-corrected chi connectivity index (χ1v) is 7.92. The summed E-state index contributed by atoms with van der Waals surface area (Å²) in [7, 11) is 0. The first-order chi connectivity index (χ1) is 12.2. The summed E-state index contributed by atoms with van der Waals surface area (Å²) in [5, 5.41) is 17.9. The quantitative estimate of drug-likeness (QED) is 0.740. The smallest absolute Gasteiger partial charge is 0.138 e. The molecule has 1 aromatic carbocycles. The number of aliphatic hydroxyl groups is 1. The van der Waals surface area contributed by atoms with E-state index in [0.29, 0.717) is 25.3 Å². The lowest BCUT2D eigenvalue weighted by Crippen LogP contribution is -2.33. The number of aliphatic hydroxyl groups excluding tert-OH is 1. The highest BCUT2D eigenvalue weighted by atomic mass is 19.1. The first kappa shape index (κ1) is 15.9. The van der Waals surface area contributed by atoms with Crippen LogP contribution in [-0.2, 0) is 16.9 Å². The predicted molar refractivity (Wildman–Crippen MR) is 84.2 cm³/mol. The summed E-state index contributed by atoms with van der Waals surface area (Å²) < 4.78 is 23.2. The number of benzene rings is 1. The number of halogens is 1. The zero-order valence-corrected chi connectivity index (χ0v) is 13.4. The zero-order chi connectivity index (χ0) is 17.3. The van der Waals surface area contributed by atoms with Gasteiger partial charge in [0, 0.05) is 18.1 Å². The van der Waals surface area contributed by atoms with E-state index < -0.39 is 5.60 Å². The van der Waals surface area contributed by atoms with Crippen LogP contribution in [0.3, 0.4) is 0 Å². The van der Waals surface area contributed by atoms with Crippen LogP contribution in [0.1, 0.15) is 12.0 Å². The van der Waals surface area contributed by atoms with Crippen LogP contribution in [-0.4, -0.2) is 47.8 Å². The van der Waals surface area contributed by atoms with Gasteiger partial charge in [-0.1, -0.05) is 6.07 Å². The molecule has 0 saturated carbocycles. The van der Waals surface area contributed by atoms with Crippen molar-refractivity contribution in [2.24, 2.45) is 5.92 Å². The van der Waals surface area contributed by atoms with Crippen LogP contribution in [0, 0.1) is 11.7 Å². The SMILES string of the molecule is OC[C@@H]1CO[C@@](Cn2cncn2)(c2ccc(F)cc2-n2cncn2)C1. The van der Waals surface area contributed by atoms with Gasteiger partial charge in [0.05, 0.1) is 18.8 Å². The van der Waals surface area contributed by atoms with Gasteiger partial charge in [-0.3, -0.25) is 0 Å². The van der Waals surface area contributed by atoms with E-state index in [2.05, 4.69) is 20.2 Å². The van der Waals surface area contributed by atoms with Crippen LogP contribution in [0.2, 0.25) is 0 Å². The van der Waals surface area contributed by atoms with Gasteiger partial charge in [-0.05, 0) is 18.6 Å². The average Bonchev–Trinajstić information content (AvgIpc) is 3.37. The molecule has 0 radical (unpaired) electrons. The normalized spacial score (nSPS) is 23.2. The van der Waals surface area contributed by atoms with Gasteiger partial charge >= 0.3 is 0 Å². The number of hydrogen-bond acceptors (Lipinski definition) is 6. The van der Waals surface area contributed by atoms with Crippen molar-refractivity contribution in [3.05, 3.63) is 54.9 Å². The molecule has 3 heterocycles. The molecule has 0 spiro atoms. The summed E-state index contributed by atoms with van der Waals surface area (Å²) in [4.78, 5) is 7.92. The maximum Gasteiger partial charge on any atom is 0.138 e. The van der Waals surface area contributed by atoms with Gasteiger partial charge in [-0.2, -0.15) is 10.2 Å². The van der Waals surface area contributed by atoms with E-state index in [1.165, 1.54) is 35.8 Å². The third-order valence-corrected chi connectivity index (χ3v) is 4.47. The van der Waals surface area contributed by atoms with Crippen LogP contribution in [0.4, 0.5) is 4.39 Å². The molecule has 1 saturated heterocycles. The van der Waals surface area contributed by atoms with Crippen LogP contribution in [0.25, 0.3) is 5.69 Å². The molecular weight excluding hydrogens is 327 g/mol. The molecule has 0 unspecified atom stereocenters. The van der Waals surface area contributed by atoms with E-state index in [9.17, 15) is 9.50 Å². The summed E-state index contributed by atoms with van der Waals surface area (Å²) >= 11 is 0. The molecule has 25 heavy (non-hydrogen) atoms. The largest absolute Gasteiger partial charge is 0.396 e. The highest BCUT2D eigenvalue weighted by Gasteiger charge is 2.44. The molecule has 8 nitrogen and oxygen atoms in total. The van der Waals surface area contributed by atoms with E-state index in [1.54, 1.807) is 17.1 Å². The van der Waals surface area contributed by atoms with Gasteiger partial charge < -0.3 is 9.84 Å². The molecule has 1 fully saturated rings. The van der Waals surface area contributed by atoms with Crippen LogP contribution in [0.5, 0.6) is 0 Å². The Morgan fingerprint density at radius 1 is 1.24 bits per heavy atom. The molecule has 130 valence electrons. The van der Waals surface area contributed by atoms with Gasteiger partial charge in [-0.15, -0.1) is 0 Å². The summed E-state index contributed by atoms with van der Waals surface area (Å²) in [5.41, 5.74) is 0.554. The fourth-order valence-corrected chi connectivity index (χ4v) is 3.35. The maximum atomic E-state index is 13.9. The van der Waals surface area contributed by atoms with E-state index >= 15 is 0 Å². The number of rotatable bonds is 5. The fraction of sp³-hybridized carbons (Fsp3) is 0.375. The van der Waals surface area contributed by atoms with Crippen molar-refractivity contribution < 1.29 is 14.2 Å². The lowest BCUT2D eigenvalue weighted by Gasteiger charge is -2.30. The third kappa shape index (κ3) is 2.92. The van der Waals surface area contributed by atoms with Gasteiger partial charge in [0.2, 0.25) is 0 Å². The van der Waals surface area contributed by atoms with E-state index in [4.69, 9.17) is 4.74 Å². The van der Waals surface area contributed by atoms with Gasteiger partial charge in [0.1, 0.15) is 36.7 Å². The van der Waals surface area contributed by atoms with Crippen LogP contribution in [0.15, 0.2) is 43.5 Å². The highest BCUT2D eigenvalue weighted by molar-refractivity contribution is 5.45. The van der Waals surface area contributed by atoms with Gasteiger partial charge in [0.25, 0.3) is 0 Å². The molecule has 0 aliphatic carbocycles. The Morgan fingerprint density at radius 3 is 2.76 bits per heavy atom. The Kier molecular flexibility index (Phi) is 4.02. The molecule has 4 rings (SSSR count). The second-order valence-electron chi connectivity index (χ2n) is 6.15. The maximum absolute atomic E-state index is 13.9. The minimum absolute atomic E-state index is 0.00262. The molecule has 1 N–H and O–H groups in total. The van der Waals surface area contributed by atoms with Crippen molar-refractivity contribution in [2.45, 2.75) is 18.6 Å². The van der Waals surface area contributed by atoms with Crippen LogP contribution < -0.4 is 0 Å². The molecule has 1 aliphatic heterocycles. The molecule has 0 amide bonds. The minimum Gasteiger partial charge on any atom is -0.396 e. The molecular formula is C16H17FN6O2. The molecule has 0 bridgehead atoms. The molecule has 2 aromatic heterocycles. The Hall–Kier alpha value is -2.65. The van der Waals surface area contributed by atoms with Crippen molar-refractivity contribution >= 4 is 0 Å². The molecule has 9 heteroatoms. The number of ether oxygens (including phenoxy) is 1. The highest BCUT2D eigenvalue weighted by Crippen LogP contribution is 2.42. The minimum atomic E-state index is -0.768. The lowest BCUT2D eigenvalue weighted by atomic mass is 9.86. The van der Waals surface area contributed by atoms with Crippen LogP contribution >= 0.6 is 0 Å². The summed E-state index contributed by atoms with van der Waals surface area (Å²) in [5.74, 6) is -0.376. The molecule has 2 atom stereocenters. The summed E-state index contributed by atoms with van der Waals surface area (Å²) in [6.07, 6.45) is 6.55. The molecule has 1 aliphatic rings. The monoisotopic (exact) mass is 344 g/mol. The van der Waals surface area contributed by atoms with Gasteiger partial charge in [-0.25, -0.2) is 23.7 Å². The zero-order valence-electron chi connectivity index (χ0n) is 13.4. The van der Waals surface area contributed by atoms with Crippen molar-refractivity contribution in [3.8, 4) is 5.69 Å². The average molecular weight is 344 g/mol. The second-order valence-corrected chi connectivity index (χ2v) is 6.15. The fourth-order valence-electron chi connectivity index (χ4n) is 3.35. The molecule has 3 aromatic rings. The topological polar surface area (TPSA) is 90.9 Å². The Balaban J connectivity index is 1.83. The Morgan fingerprint density at radius 2 is 2.08 bits per heavy atom. The number of aromatic nitrogens is 6.